The van der Waals surface area contributed by atoms with Crippen LogP contribution in [0.5, 0.6) is 0 Å². The summed E-state index contributed by atoms with van der Waals surface area (Å²) in [5.41, 5.74) is 1.77. The zero-order valence-electron chi connectivity index (χ0n) is 13.4. The van der Waals surface area contributed by atoms with Crippen molar-refractivity contribution >= 4 is 23.5 Å². The Kier molecular flexibility index (Phi) is 4.28. The van der Waals surface area contributed by atoms with Crippen LogP contribution in [0, 0.1) is 13.8 Å². The van der Waals surface area contributed by atoms with E-state index < -0.39 is 17.9 Å². The quantitative estimate of drug-likeness (QED) is 0.918. The first-order valence-electron chi connectivity index (χ1n) is 7.62. The molecule has 1 atom stereocenters. The lowest BCUT2D eigenvalue weighted by atomic mass is 10.2. The fraction of sp³-hybridized carbons (Fsp3) is 0.375. The van der Waals surface area contributed by atoms with Crippen molar-refractivity contribution < 1.29 is 14.7 Å². The summed E-state index contributed by atoms with van der Waals surface area (Å²) in [6.07, 6.45) is 1.09. The third-order valence-electron chi connectivity index (χ3n) is 4.06. The highest BCUT2D eigenvalue weighted by Crippen LogP contribution is 2.24. The van der Waals surface area contributed by atoms with Gasteiger partial charge in [0.2, 0.25) is 0 Å². The summed E-state index contributed by atoms with van der Waals surface area (Å²) >= 11 is 6.14. The minimum Gasteiger partial charge on any atom is -0.480 e. The van der Waals surface area contributed by atoms with Crippen LogP contribution >= 0.6 is 11.6 Å². The van der Waals surface area contributed by atoms with Crippen LogP contribution in [0.25, 0.3) is 5.82 Å². The first kappa shape index (κ1) is 16.4. The largest absolute Gasteiger partial charge is 0.480 e. The van der Waals surface area contributed by atoms with Crippen molar-refractivity contribution in [2.45, 2.75) is 32.7 Å². The van der Waals surface area contributed by atoms with Gasteiger partial charge in [-0.25, -0.2) is 14.5 Å². The van der Waals surface area contributed by atoms with E-state index in [1.807, 2.05) is 19.9 Å². The molecule has 1 aliphatic heterocycles. The number of aryl methyl sites for hydroxylation is 2. The van der Waals surface area contributed by atoms with Crippen molar-refractivity contribution in [2.75, 3.05) is 6.54 Å². The van der Waals surface area contributed by atoms with Crippen LogP contribution in [-0.2, 0) is 4.79 Å². The van der Waals surface area contributed by atoms with Crippen molar-refractivity contribution in [3.63, 3.8) is 0 Å². The highest BCUT2D eigenvalue weighted by atomic mass is 35.5. The van der Waals surface area contributed by atoms with Crippen molar-refractivity contribution in [3.8, 4) is 5.82 Å². The number of hydrogen-bond donors (Lipinski definition) is 1. The van der Waals surface area contributed by atoms with Crippen molar-refractivity contribution in [1.29, 1.82) is 0 Å². The van der Waals surface area contributed by atoms with Crippen LogP contribution in [0.15, 0.2) is 18.2 Å². The molecule has 2 aromatic heterocycles. The first-order valence-corrected chi connectivity index (χ1v) is 8.00. The Labute approximate surface area is 143 Å². The third-order valence-corrected chi connectivity index (χ3v) is 4.36. The molecule has 3 heterocycles. The van der Waals surface area contributed by atoms with Gasteiger partial charge in [-0.05, 0) is 44.9 Å². The number of pyridine rings is 1. The molecular formula is C16H17ClN4O3. The summed E-state index contributed by atoms with van der Waals surface area (Å²) in [6.45, 7) is 4.14. The Morgan fingerprint density at radius 1 is 1.33 bits per heavy atom. The molecule has 126 valence electrons. The van der Waals surface area contributed by atoms with Crippen molar-refractivity contribution in [3.05, 3.63) is 40.3 Å². The molecule has 0 aromatic carbocycles. The summed E-state index contributed by atoms with van der Waals surface area (Å²) in [6, 6.07) is 4.34. The molecule has 2 aromatic rings. The number of nitrogens with zero attached hydrogens (tertiary/aromatic N) is 4. The third kappa shape index (κ3) is 2.87. The number of rotatable bonds is 3. The fourth-order valence-corrected chi connectivity index (χ4v) is 3.15. The van der Waals surface area contributed by atoms with E-state index in [0.29, 0.717) is 25.2 Å². The smallest absolute Gasteiger partial charge is 0.326 e. The molecule has 8 heteroatoms. The molecule has 1 amide bonds. The van der Waals surface area contributed by atoms with E-state index in [4.69, 9.17) is 11.6 Å². The highest BCUT2D eigenvalue weighted by Gasteiger charge is 2.35. The molecule has 0 spiro atoms. The minimum atomic E-state index is -1.01. The maximum atomic E-state index is 12.7. The van der Waals surface area contributed by atoms with Gasteiger partial charge in [0.25, 0.3) is 5.91 Å². The Balaban J connectivity index is 1.99. The number of aromatic nitrogens is 3. The molecule has 24 heavy (non-hydrogen) atoms. The molecule has 1 fully saturated rings. The summed E-state index contributed by atoms with van der Waals surface area (Å²) in [4.78, 5) is 29.7. The molecular weight excluding hydrogens is 332 g/mol. The molecule has 1 N–H and O–H groups in total. The Bertz CT molecular complexity index is 818. The number of carboxylic acid groups (broad SMARTS) is 1. The second-order valence-electron chi connectivity index (χ2n) is 5.83. The van der Waals surface area contributed by atoms with Gasteiger partial charge < -0.3 is 10.0 Å². The lowest BCUT2D eigenvalue weighted by Gasteiger charge is -2.21. The average Bonchev–Trinajstić information content (AvgIpc) is 3.13. The molecule has 3 rings (SSSR count). The Morgan fingerprint density at radius 3 is 2.71 bits per heavy atom. The van der Waals surface area contributed by atoms with Crippen molar-refractivity contribution in [1.82, 2.24) is 19.7 Å². The van der Waals surface area contributed by atoms with Gasteiger partial charge in [-0.15, -0.1) is 0 Å². The van der Waals surface area contributed by atoms with E-state index in [1.54, 1.807) is 16.8 Å². The normalized spacial score (nSPS) is 17.3. The number of aliphatic carboxylic acids is 1. The van der Waals surface area contributed by atoms with Crippen LogP contribution in [-0.4, -0.2) is 49.2 Å². The van der Waals surface area contributed by atoms with Gasteiger partial charge in [0.15, 0.2) is 5.82 Å². The van der Waals surface area contributed by atoms with Crippen LogP contribution < -0.4 is 0 Å². The Morgan fingerprint density at radius 2 is 2.08 bits per heavy atom. The number of amides is 1. The summed E-state index contributed by atoms with van der Waals surface area (Å²) in [5.74, 6) is -1.00. The number of carbonyl (C=O) groups excluding carboxylic acids is 1. The first-order chi connectivity index (χ1) is 11.4. The number of carbonyl (C=O) groups is 2. The maximum Gasteiger partial charge on any atom is 0.326 e. The molecule has 0 bridgehead atoms. The van der Waals surface area contributed by atoms with Gasteiger partial charge in [0.1, 0.15) is 11.7 Å². The van der Waals surface area contributed by atoms with E-state index in [1.165, 1.54) is 4.90 Å². The number of likely N-dealkylation sites (tertiary alicyclic amines) is 1. The van der Waals surface area contributed by atoms with Crippen LogP contribution in [0.4, 0.5) is 0 Å². The zero-order chi connectivity index (χ0) is 17.4. The maximum absolute atomic E-state index is 12.7. The lowest BCUT2D eigenvalue weighted by molar-refractivity contribution is -0.141. The number of halogens is 1. The highest BCUT2D eigenvalue weighted by molar-refractivity contribution is 6.33. The summed E-state index contributed by atoms with van der Waals surface area (Å²) in [5, 5.41) is 13.8. The van der Waals surface area contributed by atoms with E-state index >= 15 is 0 Å². The van der Waals surface area contributed by atoms with E-state index in [0.717, 1.165) is 11.4 Å². The average molecular weight is 349 g/mol. The van der Waals surface area contributed by atoms with Crippen molar-refractivity contribution in [2.24, 2.45) is 0 Å². The molecule has 0 radical (unpaired) electrons. The fourth-order valence-electron chi connectivity index (χ4n) is 2.96. The monoisotopic (exact) mass is 348 g/mol. The van der Waals surface area contributed by atoms with Gasteiger partial charge in [-0.1, -0.05) is 11.6 Å². The molecule has 0 aliphatic carbocycles. The molecule has 1 aliphatic rings. The van der Waals surface area contributed by atoms with E-state index in [2.05, 4.69) is 10.1 Å². The second-order valence-corrected chi connectivity index (χ2v) is 6.24. The SMILES string of the molecule is Cc1cc(C)n(-c2ccc(Cl)c(C(=O)N3CCC[C@@H]3C(=O)O)n2)n1. The van der Waals surface area contributed by atoms with E-state index in [-0.39, 0.29) is 10.7 Å². The zero-order valence-corrected chi connectivity index (χ0v) is 14.1. The van der Waals surface area contributed by atoms with Gasteiger partial charge in [0, 0.05) is 12.2 Å². The standard InChI is InChI=1S/C16H17ClN4O3/c1-9-8-10(2)21(19-9)13-6-5-11(17)14(18-13)15(22)20-7-3-4-12(20)16(23)24/h5-6,8,12H,3-4,7H2,1-2H3,(H,23,24)/t12-/m1/s1. The summed E-state index contributed by atoms with van der Waals surface area (Å²) < 4.78 is 1.63. The van der Waals surface area contributed by atoms with Gasteiger partial charge in [-0.2, -0.15) is 5.10 Å². The predicted octanol–water partition coefficient (Wildman–Crippen LogP) is 2.23. The second kappa shape index (κ2) is 6.24. The van der Waals surface area contributed by atoms with Crippen LogP contribution in [0.1, 0.15) is 34.7 Å². The topological polar surface area (TPSA) is 88.3 Å². The molecule has 7 nitrogen and oxygen atoms in total. The lowest BCUT2D eigenvalue weighted by Crippen LogP contribution is -2.41. The molecule has 1 saturated heterocycles. The summed E-state index contributed by atoms with van der Waals surface area (Å²) in [7, 11) is 0. The number of hydrogen-bond acceptors (Lipinski definition) is 4. The molecule has 0 unspecified atom stereocenters. The minimum absolute atomic E-state index is 0.0508. The van der Waals surface area contributed by atoms with Gasteiger partial charge in [-0.3, -0.25) is 4.79 Å². The Hall–Kier alpha value is -2.41. The van der Waals surface area contributed by atoms with Gasteiger partial charge >= 0.3 is 5.97 Å². The number of carboxylic acids is 1. The van der Waals surface area contributed by atoms with Crippen LogP contribution in [0.2, 0.25) is 5.02 Å². The molecule has 0 saturated carbocycles. The van der Waals surface area contributed by atoms with Gasteiger partial charge in [0.05, 0.1) is 10.7 Å². The predicted molar refractivity (Wildman–Crippen MR) is 87.5 cm³/mol. The van der Waals surface area contributed by atoms with Crippen LogP contribution in [0.3, 0.4) is 0 Å². The van der Waals surface area contributed by atoms with E-state index in [9.17, 15) is 14.7 Å².